The van der Waals surface area contributed by atoms with Crippen LogP contribution in [-0.4, -0.2) is 48.1 Å². The normalized spacial score (nSPS) is 10.9. The molecule has 0 unspecified atom stereocenters. The van der Waals surface area contributed by atoms with Crippen molar-refractivity contribution in [3.8, 4) is 0 Å². The number of rotatable bonds is 8. The third-order valence-electron chi connectivity index (χ3n) is 4.27. The van der Waals surface area contributed by atoms with Crippen LogP contribution >= 0.6 is 0 Å². The first-order valence-electron chi connectivity index (χ1n) is 9.07. The number of carbonyl (C=O) groups is 2. The number of hydrogen-bond donors (Lipinski definition) is 1. The molecule has 0 atom stereocenters. The molecule has 146 valence electrons. The number of esters is 1. The zero-order valence-corrected chi connectivity index (χ0v) is 16.7. The third-order valence-corrected chi connectivity index (χ3v) is 4.27. The molecule has 1 aromatic carbocycles. The number of carbonyl (C=O) groups excluding carboxylic acids is 2. The molecule has 0 radical (unpaired) electrons. The maximum Gasteiger partial charge on any atom is 0.340 e. The summed E-state index contributed by atoms with van der Waals surface area (Å²) < 4.78 is 10.5. The summed E-state index contributed by atoms with van der Waals surface area (Å²) in [7, 11) is 1.61. The zero-order chi connectivity index (χ0) is 20.0. The summed E-state index contributed by atoms with van der Waals surface area (Å²) in [6.07, 6.45) is -0.221. The molecular formula is C21H28N2O4. The second kappa shape index (κ2) is 9.37. The van der Waals surface area contributed by atoms with Gasteiger partial charge in [-0.1, -0.05) is 30.3 Å². The van der Waals surface area contributed by atoms with Crippen LogP contribution in [0.15, 0.2) is 30.3 Å². The van der Waals surface area contributed by atoms with Gasteiger partial charge in [0.05, 0.1) is 18.3 Å². The Hall–Kier alpha value is -2.60. The van der Waals surface area contributed by atoms with E-state index in [-0.39, 0.29) is 12.0 Å². The van der Waals surface area contributed by atoms with E-state index in [1.54, 1.807) is 39.7 Å². The molecule has 0 bridgehead atoms. The van der Waals surface area contributed by atoms with Crippen LogP contribution in [-0.2, 0) is 16.0 Å². The van der Waals surface area contributed by atoms with Crippen molar-refractivity contribution >= 4 is 11.9 Å². The summed E-state index contributed by atoms with van der Waals surface area (Å²) >= 11 is 0. The summed E-state index contributed by atoms with van der Waals surface area (Å²) in [4.78, 5) is 30.3. The van der Waals surface area contributed by atoms with Crippen molar-refractivity contribution in [2.75, 3.05) is 20.3 Å². The van der Waals surface area contributed by atoms with Gasteiger partial charge in [-0.25, -0.2) is 4.79 Å². The Morgan fingerprint density at radius 3 is 2.41 bits per heavy atom. The number of aromatic nitrogens is 1. The van der Waals surface area contributed by atoms with Gasteiger partial charge in [0.1, 0.15) is 5.69 Å². The largest absolute Gasteiger partial charge is 0.459 e. The van der Waals surface area contributed by atoms with Crippen molar-refractivity contribution in [1.29, 1.82) is 0 Å². The van der Waals surface area contributed by atoms with Crippen LogP contribution in [0.4, 0.5) is 0 Å². The van der Waals surface area contributed by atoms with Gasteiger partial charge >= 0.3 is 5.97 Å². The van der Waals surface area contributed by atoms with E-state index in [0.29, 0.717) is 42.2 Å². The first-order valence-corrected chi connectivity index (χ1v) is 9.07. The zero-order valence-electron chi connectivity index (χ0n) is 16.7. The Morgan fingerprint density at radius 2 is 1.81 bits per heavy atom. The molecule has 1 heterocycles. The van der Waals surface area contributed by atoms with Crippen LogP contribution < -0.4 is 0 Å². The van der Waals surface area contributed by atoms with E-state index in [2.05, 4.69) is 4.98 Å². The lowest BCUT2D eigenvalue weighted by molar-refractivity contribution is 0.0376. The van der Waals surface area contributed by atoms with Gasteiger partial charge < -0.3 is 19.4 Å². The molecule has 1 N–H and O–H groups in total. The van der Waals surface area contributed by atoms with Crippen LogP contribution in [0.2, 0.25) is 0 Å². The number of ether oxygens (including phenoxy) is 2. The van der Waals surface area contributed by atoms with Crippen molar-refractivity contribution in [2.24, 2.45) is 0 Å². The molecule has 1 aromatic heterocycles. The van der Waals surface area contributed by atoms with Crippen LogP contribution in [0, 0.1) is 13.8 Å². The lowest BCUT2D eigenvalue weighted by Gasteiger charge is -2.22. The van der Waals surface area contributed by atoms with Crippen molar-refractivity contribution in [1.82, 2.24) is 9.88 Å². The van der Waals surface area contributed by atoms with Crippen molar-refractivity contribution < 1.29 is 19.1 Å². The average Bonchev–Trinajstić information content (AvgIpc) is 2.92. The lowest BCUT2D eigenvalue weighted by Crippen LogP contribution is -2.34. The van der Waals surface area contributed by atoms with Gasteiger partial charge in [0.25, 0.3) is 5.91 Å². The number of amides is 1. The van der Waals surface area contributed by atoms with Crippen LogP contribution in [0.5, 0.6) is 0 Å². The van der Waals surface area contributed by atoms with Gasteiger partial charge in [-0.3, -0.25) is 4.79 Å². The molecule has 0 aliphatic heterocycles. The summed E-state index contributed by atoms with van der Waals surface area (Å²) in [5.74, 6) is -0.582. The van der Waals surface area contributed by atoms with E-state index >= 15 is 0 Å². The number of hydrogen-bond acceptors (Lipinski definition) is 4. The Labute approximate surface area is 160 Å². The van der Waals surface area contributed by atoms with Gasteiger partial charge in [-0.2, -0.15) is 0 Å². The van der Waals surface area contributed by atoms with Gasteiger partial charge in [0.2, 0.25) is 0 Å². The minimum Gasteiger partial charge on any atom is -0.459 e. The van der Waals surface area contributed by atoms with E-state index in [1.165, 1.54) is 0 Å². The number of benzene rings is 1. The fraction of sp³-hybridized carbons (Fsp3) is 0.429. The Bertz CT molecular complexity index is 781. The summed E-state index contributed by atoms with van der Waals surface area (Å²) in [6.45, 7) is 8.49. The third kappa shape index (κ3) is 5.20. The molecule has 0 fully saturated rings. The van der Waals surface area contributed by atoms with E-state index in [1.807, 2.05) is 30.3 Å². The number of nitrogens with one attached hydrogen (secondary N) is 1. The van der Waals surface area contributed by atoms with Crippen LogP contribution in [0.3, 0.4) is 0 Å². The van der Waals surface area contributed by atoms with E-state index in [9.17, 15) is 9.59 Å². The Morgan fingerprint density at radius 1 is 1.15 bits per heavy atom. The van der Waals surface area contributed by atoms with Crippen LogP contribution in [0.25, 0.3) is 0 Å². The molecule has 2 aromatic rings. The number of aromatic amines is 1. The van der Waals surface area contributed by atoms with Gasteiger partial charge in [0, 0.05) is 25.9 Å². The molecule has 2 rings (SSSR count). The quantitative estimate of drug-likeness (QED) is 0.720. The average molecular weight is 372 g/mol. The summed E-state index contributed by atoms with van der Waals surface area (Å²) in [5, 5.41) is 0. The fourth-order valence-electron chi connectivity index (χ4n) is 2.96. The standard InChI is InChI=1S/C21H28N2O4/c1-14(2)27-21(25)18-15(3)19(22-16(18)4)20(24)23(11-12-26-5)13-17-9-7-6-8-10-17/h6-10,14,22H,11-13H2,1-5H3. The number of nitrogens with zero attached hydrogens (tertiary/aromatic N) is 1. The Balaban J connectivity index is 2.30. The fourth-order valence-corrected chi connectivity index (χ4v) is 2.96. The maximum atomic E-state index is 13.2. The summed E-state index contributed by atoms with van der Waals surface area (Å²) in [5.41, 5.74) is 3.11. The van der Waals surface area contributed by atoms with Crippen molar-refractivity contribution in [3.63, 3.8) is 0 Å². The minimum atomic E-state index is -0.415. The monoisotopic (exact) mass is 372 g/mol. The molecular weight excluding hydrogens is 344 g/mol. The highest BCUT2D eigenvalue weighted by Gasteiger charge is 2.26. The minimum absolute atomic E-state index is 0.167. The molecule has 0 aliphatic rings. The van der Waals surface area contributed by atoms with Crippen molar-refractivity contribution in [3.05, 3.63) is 58.4 Å². The maximum absolute atomic E-state index is 13.2. The molecule has 0 saturated heterocycles. The highest BCUT2D eigenvalue weighted by molar-refractivity contribution is 6.00. The Kier molecular flexibility index (Phi) is 7.19. The highest BCUT2D eigenvalue weighted by Crippen LogP contribution is 2.21. The second-order valence-corrected chi connectivity index (χ2v) is 6.78. The van der Waals surface area contributed by atoms with E-state index < -0.39 is 5.97 Å². The molecule has 6 heteroatoms. The predicted octanol–water partition coefficient (Wildman–Crippen LogP) is 3.49. The first-order chi connectivity index (χ1) is 12.8. The predicted molar refractivity (Wildman–Crippen MR) is 104 cm³/mol. The van der Waals surface area contributed by atoms with Gasteiger partial charge in [-0.05, 0) is 38.8 Å². The number of H-pyrrole nitrogens is 1. The van der Waals surface area contributed by atoms with Crippen molar-refractivity contribution in [2.45, 2.75) is 40.3 Å². The molecule has 0 saturated carbocycles. The van der Waals surface area contributed by atoms with E-state index in [0.717, 1.165) is 5.56 Å². The highest BCUT2D eigenvalue weighted by atomic mass is 16.5. The first kappa shape index (κ1) is 20.7. The molecule has 1 amide bonds. The summed E-state index contributed by atoms with van der Waals surface area (Å²) in [6, 6.07) is 9.78. The SMILES string of the molecule is COCCN(Cc1ccccc1)C(=O)c1[nH]c(C)c(C(=O)OC(C)C)c1C. The van der Waals surface area contributed by atoms with Gasteiger partial charge in [-0.15, -0.1) is 0 Å². The van der Waals surface area contributed by atoms with Gasteiger partial charge in [0.15, 0.2) is 0 Å². The lowest BCUT2D eigenvalue weighted by atomic mass is 10.1. The smallest absolute Gasteiger partial charge is 0.340 e. The topological polar surface area (TPSA) is 71.6 Å². The number of aryl methyl sites for hydroxylation is 1. The molecule has 0 spiro atoms. The molecule has 6 nitrogen and oxygen atoms in total. The molecule has 27 heavy (non-hydrogen) atoms. The molecule has 0 aliphatic carbocycles. The second-order valence-electron chi connectivity index (χ2n) is 6.78. The van der Waals surface area contributed by atoms with Crippen LogP contribution in [0.1, 0.15) is 51.5 Å². The van der Waals surface area contributed by atoms with E-state index in [4.69, 9.17) is 9.47 Å². The number of methoxy groups -OCH3 is 1.